The Morgan fingerprint density at radius 3 is 2.88 bits per heavy atom. The van der Waals surface area contributed by atoms with Crippen LogP contribution in [0.1, 0.15) is 48.2 Å². The zero-order valence-corrected chi connectivity index (χ0v) is 20.1. The molecule has 1 fully saturated rings. The summed E-state index contributed by atoms with van der Waals surface area (Å²) in [7, 11) is 0. The summed E-state index contributed by atoms with van der Waals surface area (Å²) in [6.07, 6.45) is 4.22. The minimum atomic E-state index is -2.48. The Labute approximate surface area is 202 Å². The standard InChI is InChI=1S/C24H30ClF2N3O2S/c25-18-3-1-2-17(12-18)13-23(31)28-19-6-4-16(5-7-19)8-10-30-11-9-21-20(14-30)29-24(33-21)32-15-22(26)27/h1-3,12,16,19,22H,4-11,13-15H2,(H,28,31)/t16-,19-. The van der Waals surface area contributed by atoms with Gasteiger partial charge in [-0.1, -0.05) is 35.1 Å². The quantitative estimate of drug-likeness (QED) is 0.523. The minimum absolute atomic E-state index is 0.0602. The van der Waals surface area contributed by atoms with E-state index >= 15 is 0 Å². The molecule has 2 aromatic rings. The molecule has 5 nitrogen and oxygen atoms in total. The van der Waals surface area contributed by atoms with Crippen LogP contribution in [-0.4, -0.2) is 48.0 Å². The Hall–Kier alpha value is -1.77. The number of hydrogen-bond donors (Lipinski definition) is 1. The van der Waals surface area contributed by atoms with Gasteiger partial charge in [0.15, 0.2) is 6.61 Å². The smallest absolute Gasteiger partial charge is 0.273 e. The highest BCUT2D eigenvalue weighted by molar-refractivity contribution is 7.13. The number of rotatable bonds is 9. The molecule has 0 atom stereocenters. The van der Waals surface area contributed by atoms with Gasteiger partial charge in [0.05, 0.1) is 12.1 Å². The van der Waals surface area contributed by atoms with E-state index in [1.165, 1.54) is 11.3 Å². The van der Waals surface area contributed by atoms with Crippen molar-refractivity contribution in [3.8, 4) is 5.19 Å². The third kappa shape index (κ3) is 7.36. The van der Waals surface area contributed by atoms with Gasteiger partial charge in [0.2, 0.25) is 5.91 Å². The fourth-order valence-electron chi connectivity index (χ4n) is 4.69. The second-order valence-electron chi connectivity index (χ2n) is 8.96. The van der Waals surface area contributed by atoms with Crippen molar-refractivity contribution in [1.29, 1.82) is 0 Å². The van der Waals surface area contributed by atoms with Gasteiger partial charge in [-0.25, -0.2) is 13.8 Å². The van der Waals surface area contributed by atoms with Crippen molar-refractivity contribution in [2.24, 2.45) is 5.92 Å². The second-order valence-corrected chi connectivity index (χ2v) is 10.4. The van der Waals surface area contributed by atoms with Crippen molar-refractivity contribution in [3.63, 3.8) is 0 Å². The molecule has 1 amide bonds. The first kappa shape index (κ1) is 24.4. The number of ether oxygens (including phenoxy) is 1. The van der Waals surface area contributed by atoms with Gasteiger partial charge in [-0.05, 0) is 68.7 Å². The van der Waals surface area contributed by atoms with E-state index in [1.54, 1.807) is 0 Å². The van der Waals surface area contributed by atoms with Crippen LogP contribution >= 0.6 is 22.9 Å². The van der Waals surface area contributed by atoms with Crippen molar-refractivity contribution < 1.29 is 18.3 Å². The van der Waals surface area contributed by atoms with Crippen molar-refractivity contribution in [2.45, 2.75) is 64.0 Å². The number of aromatic nitrogens is 1. The van der Waals surface area contributed by atoms with Gasteiger partial charge < -0.3 is 10.1 Å². The lowest BCUT2D eigenvalue weighted by molar-refractivity contribution is -0.121. The average molecular weight is 498 g/mol. The number of amides is 1. The van der Waals surface area contributed by atoms with Crippen LogP contribution in [0.3, 0.4) is 0 Å². The molecule has 180 valence electrons. The molecule has 1 saturated carbocycles. The maximum atomic E-state index is 12.4. The molecular weight excluding hydrogens is 468 g/mol. The van der Waals surface area contributed by atoms with Crippen molar-refractivity contribution in [3.05, 3.63) is 45.4 Å². The summed E-state index contributed by atoms with van der Waals surface area (Å²) in [5.74, 6) is 0.734. The Bertz CT molecular complexity index is 934. The van der Waals surface area contributed by atoms with Crippen LogP contribution in [-0.2, 0) is 24.2 Å². The van der Waals surface area contributed by atoms with E-state index in [-0.39, 0.29) is 11.9 Å². The Kier molecular flexibility index (Phi) is 8.55. The van der Waals surface area contributed by atoms with E-state index in [9.17, 15) is 13.6 Å². The molecule has 2 heterocycles. The van der Waals surface area contributed by atoms with Crippen LogP contribution in [0.5, 0.6) is 5.19 Å². The Morgan fingerprint density at radius 1 is 1.30 bits per heavy atom. The van der Waals surface area contributed by atoms with E-state index in [0.29, 0.717) is 22.6 Å². The third-order valence-corrected chi connectivity index (χ3v) is 7.74. The van der Waals surface area contributed by atoms with Gasteiger partial charge >= 0.3 is 0 Å². The minimum Gasteiger partial charge on any atom is -0.464 e. The topological polar surface area (TPSA) is 54.5 Å². The lowest BCUT2D eigenvalue weighted by Gasteiger charge is -2.32. The number of hydrogen-bond acceptors (Lipinski definition) is 5. The second kappa shape index (κ2) is 11.6. The maximum Gasteiger partial charge on any atom is 0.273 e. The number of fused-ring (bicyclic) bond motifs is 1. The van der Waals surface area contributed by atoms with Gasteiger partial charge in [0.25, 0.3) is 11.6 Å². The average Bonchev–Trinajstić information content (AvgIpc) is 3.19. The van der Waals surface area contributed by atoms with Crippen LogP contribution in [0.25, 0.3) is 0 Å². The zero-order valence-electron chi connectivity index (χ0n) is 18.6. The highest BCUT2D eigenvalue weighted by Gasteiger charge is 2.25. The number of carbonyl (C=O) groups excluding carboxylic acids is 1. The molecule has 1 aromatic carbocycles. The fraction of sp³-hybridized carbons (Fsp3) is 0.583. The van der Waals surface area contributed by atoms with Crippen LogP contribution in [0.4, 0.5) is 8.78 Å². The molecule has 1 N–H and O–H groups in total. The van der Waals surface area contributed by atoms with Gasteiger partial charge in [-0.3, -0.25) is 9.69 Å². The van der Waals surface area contributed by atoms with Crippen LogP contribution in [0, 0.1) is 5.92 Å². The zero-order chi connectivity index (χ0) is 23.2. The molecule has 33 heavy (non-hydrogen) atoms. The largest absolute Gasteiger partial charge is 0.464 e. The van der Waals surface area contributed by atoms with Crippen LogP contribution in [0.15, 0.2) is 24.3 Å². The first-order valence-electron chi connectivity index (χ1n) is 11.6. The van der Waals surface area contributed by atoms with Gasteiger partial charge in [-0.15, -0.1) is 0 Å². The summed E-state index contributed by atoms with van der Waals surface area (Å²) in [4.78, 5) is 20.3. The predicted molar refractivity (Wildman–Crippen MR) is 126 cm³/mol. The predicted octanol–water partition coefficient (Wildman–Crippen LogP) is 5.11. The van der Waals surface area contributed by atoms with E-state index in [2.05, 4.69) is 15.2 Å². The molecule has 0 radical (unpaired) electrons. The summed E-state index contributed by atoms with van der Waals surface area (Å²) in [6, 6.07) is 7.70. The lowest BCUT2D eigenvalue weighted by atomic mass is 9.84. The van der Waals surface area contributed by atoms with Crippen molar-refractivity contribution >= 4 is 28.8 Å². The number of nitrogens with one attached hydrogen (secondary N) is 1. The molecule has 1 aliphatic heterocycles. The van der Waals surface area contributed by atoms with E-state index in [0.717, 1.165) is 74.3 Å². The van der Waals surface area contributed by atoms with E-state index < -0.39 is 13.0 Å². The van der Waals surface area contributed by atoms with E-state index in [4.69, 9.17) is 16.3 Å². The molecule has 1 aromatic heterocycles. The van der Waals surface area contributed by atoms with Gasteiger partial charge in [0, 0.05) is 29.0 Å². The Morgan fingerprint density at radius 2 is 2.12 bits per heavy atom. The van der Waals surface area contributed by atoms with E-state index in [1.807, 2.05) is 24.3 Å². The van der Waals surface area contributed by atoms with Crippen LogP contribution in [0.2, 0.25) is 5.02 Å². The van der Waals surface area contributed by atoms with Crippen molar-refractivity contribution in [2.75, 3.05) is 19.7 Å². The Balaban J connectivity index is 1.15. The fourth-order valence-corrected chi connectivity index (χ4v) is 5.82. The highest BCUT2D eigenvalue weighted by Crippen LogP contribution is 2.31. The molecule has 0 unspecified atom stereocenters. The first-order valence-corrected chi connectivity index (χ1v) is 12.8. The van der Waals surface area contributed by atoms with Crippen molar-refractivity contribution in [1.82, 2.24) is 15.2 Å². The molecule has 2 aliphatic rings. The lowest BCUT2D eigenvalue weighted by Crippen LogP contribution is -2.39. The molecule has 0 bridgehead atoms. The first-order chi connectivity index (χ1) is 15.9. The third-order valence-electron chi connectivity index (χ3n) is 6.44. The molecule has 1 aliphatic carbocycles. The summed E-state index contributed by atoms with van der Waals surface area (Å²) >= 11 is 7.40. The number of benzene rings is 1. The molecule has 4 rings (SSSR count). The number of thiazole rings is 1. The van der Waals surface area contributed by atoms with Gasteiger partial charge in [-0.2, -0.15) is 0 Å². The molecule has 0 spiro atoms. The molecule has 9 heteroatoms. The highest BCUT2D eigenvalue weighted by atomic mass is 35.5. The molecular formula is C24H30ClF2N3O2S. The summed E-state index contributed by atoms with van der Waals surface area (Å²) in [6.45, 7) is 2.15. The number of nitrogens with zero attached hydrogens (tertiary/aromatic N) is 2. The summed E-state index contributed by atoms with van der Waals surface area (Å²) in [5, 5.41) is 4.20. The number of halogens is 3. The normalized spacial score (nSPS) is 21.1. The SMILES string of the molecule is O=C(Cc1cccc(Cl)c1)N[C@H]1CC[C@H](CCN2CCc3sc(OCC(F)F)nc3C2)CC1. The van der Waals surface area contributed by atoms with Crippen LogP contribution < -0.4 is 10.1 Å². The number of alkyl halides is 2. The van der Waals surface area contributed by atoms with Gasteiger partial charge in [0.1, 0.15) is 0 Å². The summed E-state index contributed by atoms with van der Waals surface area (Å²) in [5.41, 5.74) is 1.91. The maximum absolute atomic E-state index is 12.4. The monoisotopic (exact) mass is 497 g/mol. The summed E-state index contributed by atoms with van der Waals surface area (Å²) < 4.78 is 29.8. The number of carbonyl (C=O) groups is 1. The molecule has 0 saturated heterocycles.